The molecule has 3 heterocycles. The molecular formula is C15H20ClN5O2. The van der Waals surface area contributed by atoms with E-state index in [0.29, 0.717) is 35.5 Å². The van der Waals surface area contributed by atoms with Crippen LogP contribution in [0.25, 0.3) is 0 Å². The minimum atomic E-state index is -0.119. The number of nitrogens with zero attached hydrogens (tertiary/aromatic N) is 4. The Hall–Kier alpha value is -1.86. The Morgan fingerprint density at radius 3 is 3.04 bits per heavy atom. The summed E-state index contributed by atoms with van der Waals surface area (Å²) in [5.41, 5.74) is 0.578. The van der Waals surface area contributed by atoms with Crippen molar-refractivity contribution in [2.45, 2.75) is 31.9 Å². The fourth-order valence-corrected chi connectivity index (χ4v) is 3.24. The van der Waals surface area contributed by atoms with Crippen LogP contribution in [0.5, 0.6) is 0 Å². The Morgan fingerprint density at radius 2 is 2.35 bits per heavy atom. The molecule has 1 N–H and O–H groups in total. The number of carbonyl (C=O) groups is 1. The molecule has 1 aliphatic heterocycles. The molecule has 1 amide bonds. The molecule has 1 saturated heterocycles. The molecule has 0 aliphatic carbocycles. The summed E-state index contributed by atoms with van der Waals surface area (Å²) in [6, 6.07) is 1.58. The van der Waals surface area contributed by atoms with Gasteiger partial charge in [0.1, 0.15) is 12.3 Å². The molecule has 1 fully saturated rings. The lowest BCUT2D eigenvalue weighted by Gasteiger charge is -2.34. The number of amides is 1. The molecule has 1 atom stereocenters. The van der Waals surface area contributed by atoms with Crippen LogP contribution in [0, 0.1) is 0 Å². The topological polar surface area (TPSA) is 76.0 Å². The number of likely N-dealkylation sites (tertiary alicyclic amines) is 1. The predicted octanol–water partition coefficient (Wildman–Crippen LogP) is 2.31. The van der Waals surface area contributed by atoms with Gasteiger partial charge in [0.05, 0.1) is 11.1 Å². The van der Waals surface area contributed by atoms with Crippen molar-refractivity contribution in [1.29, 1.82) is 0 Å². The molecule has 2 aromatic heterocycles. The number of piperidine rings is 1. The molecule has 0 spiro atoms. The molecule has 8 heteroatoms. The number of hydrogen-bond donors (Lipinski definition) is 1. The van der Waals surface area contributed by atoms with Crippen molar-refractivity contribution in [3.63, 3.8) is 0 Å². The summed E-state index contributed by atoms with van der Waals surface area (Å²) in [5, 5.41) is 7.70. The van der Waals surface area contributed by atoms with E-state index in [4.69, 9.17) is 16.3 Å². The third-order valence-electron chi connectivity index (χ3n) is 4.08. The molecule has 0 unspecified atom stereocenters. The van der Waals surface area contributed by atoms with Crippen molar-refractivity contribution >= 4 is 17.5 Å². The monoisotopic (exact) mass is 337 g/mol. The van der Waals surface area contributed by atoms with Crippen LogP contribution in [0.4, 0.5) is 0 Å². The summed E-state index contributed by atoms with van der Waals surface area (Å²) < 4.78 is 6.81. The van der Waals surface area contributed by atoms with Gasteiger partial charge in [-0.3, -0.25) is 9.89 Å². The van der Waals surface area contributed by atoms with E-state index in [9.17, 15) is 4.79 Å². The van der Waals surface area contributed by atoms with Crippen LogP contribution >= 0.6 is 11.6 Å². The molecule has 2 aromatic rings. The zero-order chi connectivity index (χ0) is 16.4. The number of carbonyl (C=O) groups excluding carboxylic acids is 1. The van der Waals surface area contributed by atoms with E-state index in [2.05, 4.69) is 15.2 Å². The summed E-state index contributed by atoms with van der Waals surface area (Å²) in [6.07, 6.45) is 4.62. The first-order valence-electron chi connectivity index (χ1n) is 7.63. The summed E-state index contributed by atoms with van der Waals surface area (Å²) in [5.74, 6) is 1.27. The van der Waals surface area contributed by atoms with Crippen molar-refractivity contribution in [3.8, 4) is 0 Å². The smallest absolute Gasteiger partial charge is 0.271 e. The zero-order valence-corrected chi connectivity index (χ0v) is 14.0. The van der Waals surface area contributed by atoms with E-state index in [1.165, 1.54) is 0 Å². The van der Waals surface area contributed by atoms with Gasteiger partial charge in [0, 0.05) is 26.9 Å². The van der Waals surface area contributed by atoms with E-state index < -0.39 is 0 Å². The first kappa shape index (κ1) is 16.0. The highest BCUT2D eigenvalue weighted by Gasteiger charge is 2.32. The quantitative estimate of drug-likeness (QED) is 0.928. The van der Waals surface area contributed by atoms with Crippen LogP contribution in [0.15, 0.2) is 12.3 Å². The molecule has 3 rings (SSSR count). The summed E-state index contributed by atoms with van der Waals surface area (Å²) in [7, 11) is 3.43. The van der Waals surface area contributed by atoms with Gasteiger partial charge < -0.3 is 14.2 Å². The fourth-order valence-electron chi connectivity index (χ4n) is 2.99. The van der Waals surface area contributed by atoms with Crippen LogP contribution in [-0.2, 0) is 18.4 Å². The SMILES string of the molecule is COCc1nc([C@@H]2CCCCN2C(=O)c2cc(Cl)cn2C)n[nH]1. The minimum absolute atomic E-state index is 0.0396. The second-order valence-corrected chi connectivity index (χ2v) is 6.17. The third-order valence-corrected chi connectivity index (χ3v) is 4.29. The van der Waals surface area contributed by atoms with E-state index in [1.807, 2.05) is 11.9 Å². The van der Waals surface area contributed by atoms with Crippen LogP contribution in [0.3, 0.4) is 0 Å². The third kappa shape index (κ3) is 3.25. The van der Waals surface area contributed by atoms with Crippen molar-refractivity contribution in [2.24, 2.45) is 7.05 Å². The number of aromatic amines is 1. The largest absolute Gasteiger partial charge is 0.377 e. The van der Waals surface area contributed by atoms with Crippen molar-refractivity contribution in [3.05, 3.63) is 34.6 Å². The van der Waals surface area contributed by atoms with Crippen LogP contribution < -0.4 is 0 Å². The lowest BCUT2D eigenvalue weighted by Crippen LogP contribution is -2.39. The van der Waals surface area contributed by atoms with Gasteiger partial charge in [-0.15, -0.1) is 0 Å². The van der Waals surface area contributed by atoms with Gasteiger partial charge in [0.15, 0.2) is 11.6 Å². The average Bonchev–Trinajstić information content (AvgIpc) is 3.13. The Kier molecular flexibility index (Phi) is 4.68. The summed E-state index contributed by atoms with van der Waals surface area (Å²) in [4.78, 5) is 19.2. The number of H-pyrrole nitrogens is 1. The van der Waals surface area contributed by atoms with E-state index in [-0.39, 0.29) is 11.9 Å². The number of ether oxygens (including phenoxy) is 1. The summed E-state index contributed by atoms with van der Waals surface area (Å²) in [6.45, 7) is 1.07. The molecule has 7 nitrogen and oxygen atoms in total. The second-order valence-electron chi connectivity index (χ2n) is 5.74. The van der Waals surface area contributed by atoms with Crippen molar-refractivity contribution in [2.75, 3.05) is 13.7 Å². The number of aryl methyl sites for hydroxylation is 1. The maximum atomic E-state index is 12.9. The summed E-state index contributed by atoms with van der Waals surface area (Å²) >= 11 is 6.01. The van der Waals surface area contributed by atoms with Crippen LogP contribution in [0.1, 0.15) is 47.4 Å². The van der Waals surface area contributed by atoms with Gasteiger partial charge in [-0.2, -0.15) is 5.10 Å². The van der Waals surface area contributed by atoms with E-state index in [1.54, 1.807) is 23.9 Å². The number of nitrogens with one attached hydrogen (secondary N) is 1. The van der Waals surface area contributed by atoms with Crippen LogP contribution in [-0.4, -0.2) is 44.2 Å². The first-order valence-corrected chi connectivity index (χ1v) is 8.01. The van der Waals surface area contributed by atoms with Gasteiger partial charge in [-0.1, -0.05) is 11.6 Å². The fraction of sp³-hybridized carbons (Fsp3) is 0.533. The molecule has 23 heavy (non-hydrogen) atoms. The van der Waals surface area contributed by atoms with E-state index >= 15 is 0 Å². The highest BCUT2D eigenvalue weighted by molar-refractivity contribution is 6.31. The number of hydrogen-bond acceptors (Lipinski definition) is 4. The molecule has 0 aromatic carbocycles. The van der Waals surface area contributed by atoms with Gasteiger partial charge in [-0.05, 0) is 25.3 Å². The number of aromatic nitrogens is 4. The van der Waals surface area contributed by atoms with Gasteiger partial charge in [0.2, 0.25) is 0 Å². The Morgan fingerprint density at radius 1 is 1.52 bits per heavy atom. The maximum absolute atomic E-state index is 12.9. The Bertz CT molecular complexity index is 696. The molecule has 0 radical (unpaired) electrons. The zero-order valence-electron chi connectivity index (χ0n) is 13.3. The highest BCUT2D eigenvalue weighted by atomic mass is 35.5. The van der Waals surface area contributed by atoms with Crippen LogP contribution in [0.2, 0.25) is 5.02 Å². The highest BCUT2D eigenvalue weighted by Crippen LogP contribution is 2.30. The lowest BCUT2D eigenvalue weighted by molar-refractivity contribution is 0.0590. The Balaban J connectivity index is 1.86. The van der Waals surface area contributed by atoms with Crippen molar-refractivity contribution < 1.29 is 9.53 Å². The van der Waals surface area contributed by atoms with Gasteiger partial charge >= 0.3 is 0 Å². The average molecular weight is 338 g/mol. The first-order chi connectivity index (χ1) is 11.1. The number of rotatable bonds is 4. The molecule has 124 valence electrons. The lowest BCUT2D eigenvalue weighted by atomic mass is 10.0. The van der Waals surface area contributed by atoms with Crippen molar-refractivity contribution in [1.82, 2.24) is 24.6 Å². The Labute approximate surface area is 139 Å². The normalized spacial score (nSPS) is 18.4. The molecule has 1 aliphatic rings. The minimum Gasteiger partial charge on any atom is -0.377 e. The number of halogens is 1. The molecule has 0 bridgehead atoms. The number of methoxy groups -OCH3 is 1. The van der Waals surface area contributed by atoms with Gasteiger partial charge in [0.25, 0.3) is 5.91 Å². The molecule has 0 saturated carbocycles. The maximum Gasteiger partial charge on any atom is 0.271 e. The molecular weight excluding hydrogens is 318 g/mol. The standard InChI is InChI=1S/C15H20ClN5O2/c1-20-8-10(16)7-12(20)15(22)21-6-4-3-5-11(21)14-17-13(9-23-2)18-19-14/h7-8,11H,3-6,9H2,1-2H3,(H,17,18,19)/t11-/m0/s1. The van der Waals surface area contributed by atoms with E-state index in [0.717, 1.165) is 19.3 Å². The second kappa shape index (κ2) is 6.72. The predicted molar refractivity (Wildman–Crippen MR) is 85.1 cm³/mol. The van der Waals surface area contributed by atoms with Gasteiger partial charge in [-0.25, -0.2) is 4.98 Å².